The Labute approximate surface area is 160 Å². The summed E-state index contributed by atoms with van der Waals surface area (Å²) in [7, 11) is -0.381. The smallest absolute Gasteiger partial charge is 0.399 e. The molecule has 0 atom stereocenters. The summed E-state index contributed by atoms with van der Waals surface area (Å²) < 4.78 is 12.4. The number of rotatable bonds is 2. The molecule has 1 aliphatic heterocycles. The van der Waals surface area contributed by atoms with Crippen molar-refractivity contribution in [2.24, 2.45) is 0 Å². The van der Waals surface area contributed by atoms with Crippen molar-refractivity contribution < 1.29 is 9.31 Å². The standard InChI is InChI=1S/C23H22BNO2/c1-22(2)23(3,4)27-24(26-22)19-13-12-17-6-5-7-20(21(17)14-19)18-10-8-16(15-25)9-11-18/h5-14H,1-4H3. The van der Waals surface area contributed by atoms with Gasteiger partial charge in [-0.2, -0.15) is 5.26 Å². The van der Waals surface area contributed by atoms with E-state index in [2.05, 4.69) is 70.2 Å². The van der Waals surface area contributed by atoms with Crippen LogP contribution in [0.5, 0.6) is 0 Å². The molecule has 1 fully saturated rings. The quantitative estimate of drug-likeness (QED) is 0.627. The highest BCUT2D eigenvalue weighted by atomic mass is 16.7. The molecule has 0 saturated carbocycles. The molecular weight excluding hydrogens is 333 g/mol. The molecule has 4 rings (SSSR count). The molecule has 0 radical (unpaired) electrons. The highest BCUT2D eigenvalue weighted by Crippen LogP contribution is 2.37. The summed E-state index contributed by atoms with van der Waals surface area (Å²) in [5.41, 5.74) is 3.18. The van der Waals surface area contributed by atoms with Gasteiger partial charge in [0.05, 0.1) is 22.8 Å². The largest absolute Gasteiger partial charge is 0.494 e. The van der Waals surface area contributed by atoms with Crippen LogP contribution in [0.2, 0.25) is 0 Å². The number of nitriles is 1. The van der Waals surface area contributed by atoms with Gasteiger partial charge in [-0.15, -0.1) is 0 Å². The second-order valence-electron chi connectivity index (χ2n) is 8.06. The van der Waals surface area contributed by atoms with E-state index >= 15 is 0 Å². The molecule has 4 heteroatoms. The van der Waals surface area contributed by atoms with Crippen LogP contribution in [0, 0.1) is 11.3 Å². The van der Waals surface area contributed by atoms with Crippen molar-refractivity contribution in [1.29, 1.82) is 5.26 Å². The monoisotopic (exact) mass is 355 g/mol. The van der Waals surface area contributed by atoms with E-state index in [1.165, 1.54) is 0 Å². The Balaban J connectivity index is 1.79. The van der Waals surface area contributed by atoms with Gasteiger partial charge in [-0.3, -0.25) is 0 Å². The maximum Gasteiger partial charge on any atom is 0.494 e. The highest BCUT2D eigenvalue weighted by Gasteiger charge is 2.51. The fraction of sp³-hybridized carbons (Fsp3) is 0.261. The van der Waals surface area contributed by atoms with E-state index in [0.717, 1.165) is 27.4 Å². The van der Waals surface area contributed by atoms with Gasteiger partial charge >= 0.3 is 7.12 Å². The zero-order valence-electron chi connectivity index (χ0n) is 16.1. The van der Waals surface area contributed by atoms with Crippen LogP contribution >= 0.6 is 0 Å². The van der Waals surface area contributed by atoms with Crippen LogP contribution in [0.3, 0.4) is 0 Å². The maximum atomic E-state index is 9.04. The molecule has 0 unspecified atom stereocenters. The van der Waals surface area contributed by atoms with Gasteiger partial charge < -0.3 is 9.31 Å². The van der Waals surface area contributed by atoms with Crippen LogP contribution in [0.1, 0.15) is 33.3 Å². The van der Waals surface area contributed by atoms with Crippen LogP contribution in [-0.4, -0.2) is 18.3 Å². The van der Waals surface area contributed by atoms with Gasteiger partial charge in [0.25, 0.3) is 0 Å². The minimum atomic E-state index is -0.381. The molecule has 0 aromatic heterocycles. The Hall–Kier alpha value is -2.61. The van der Waals surface area contributed by atoms with Crippen molar-refractivity contribution in [1.82, 2.24) is 0 Å². The van der Waals surface area contributed by atoms with Gasteiger partial charge in [-0.05, 0) is 67.2 Å². The second kappa shape index (κ2) is 6.23. The summed E-state index contributed by atoms with van der Waals surface area (Å²) in [6.07, 6.45) is 0. The van der Waals surface area contributed by atoms with Crippen molar-refractivity contribution in [3.63, 3.8) is 0 Å². The van der Waals surface area contributed by atoms with Crippen LogP contribution in [0.25, 0.3) is 21.9 Å². The lowest BCUT2D eigenvalue weighted by Crippen LogP contribution is -2.41. The topological polar surface area (TPSA) is 42.2 Å². The number of hydrogen-bond acceptors (Lipinski definition) is 3. The fourth-order valence-corrected chi connectivity index (χ4v) is 3.39. The molecule has 1 saturated heterocycles. The van der Waals surface area contributed by atoms with Crippen molar-refractivity contribution in [2.75, 3.05) is 0 Å². The molecule has 0 aliphatic carbocycles. The normalized spacial score (nSPS) is 17.8. The number of fused-ring (bicyclic) bond motifs is 1. The average molecular weight is 355 g/mol. The number of benzene rings is 3. The zero-order valence-corrected chi connectivity index (χ0v) is 16.1. The second-order valence-corrected chi connectivity index (χ2v) is 8.06. The summed E-state index contributed by atoms with van der Waals surface area (Å²) >= 11 is 0. The lowest BCUT2D eigenvalue weighted by molar-refractivity contribution is 0.00578. The van der Waals surface area contributed by atoms with Crippen LogP contribution in [0.4, 0.5) is 0 Å². The Morgan fingerprint density at radius 1 is 0.852 bits per heavy atom. The fourth-order valence-electron chi connectivity index (χ4n) is 3.39. The van der Waals surface area contributed by atoms with E-state index in [9.17, 15) is 0 Å². The molecule has 3 aromatic rings. The molecule has 27 heavy (non-hydrogen) atoms. The summed E-state index contributed by atoms with van der Waals surface area (Å²) in [6.45, 7) is 8.26. The molecule has 0 N–H and O–H groups in total. The maximum absolute atomic E-state index is 9.04. The lowest BCUT2D eigenvalue weighted by atomic mass is 9.77. The minimum absolute atomic E-state index is 0.362. The van der Waals surface area contributed by atoms with E-state index in [1.54, 1.807) is 0 Å². The Morgan fingerprint density at radius 3 is 2.15 bits per heavy atom. The van der Waals surface area contributed by atoms with E-state index in [-0.39, 0.29) is 18.3 Å². The third kappa shape index (κ3) is 3.04. The number of nitrogens with zero attached hydrogens (tertiary/aromatic N) is 1. The first-order valence-corrected chi connectivity index (χ1v) is 9.20. The van der Waals surface area contributed by atoms with E-state index < -0.39 is 0 Å². The average Bonchev–Trinajstić information content (AvgIpc) is 2.88. The first kappa shape index (κ1) is 17.8. The van der Waals surface area contributed by atoms with Crippen LogP contribution < -0.4 is 5.46 Å². The SMILES string of the molecule is CC1(C)OB(c2ccc3cccc(-c4ccc(C#N)cc4)c3c2)OC1(C)C. The van der Waals surface area contributed by atoms with Gasteiger partial charge in [0, 0.05) is 0 Å². The summed E-state index contributed by atoms with van der Waals surface area (Å²) in [5.74, 6) is 0. The Morgan fingerprint density at radius 2 is 1.52 bits per heavy atom. The molecule has 1 aliphatic rings. The van der Waals surface area contributed by atoms with Gasteiger partial charge in [0.1, 0.15) is 0 Å². The van der Waals surface area contributed by atoms with Crippen molar-refractivity contribution in [3.05, 3.63) is 66.2 Å². The van der Waals surface area contributed by atoms with Gasteiger partial charge in [-0.1, -0.05) is 48.5 Å². The predicted octanol–water partition coefficient (Wildman–Crippen LogP) is 4.68. The number of hydrogen-bond donors (Lipinski definition) is 0. The first-order chi connectivity index (χ1) is 12.8. The van der Waals surface area contributed by atoms with Crippen molar-refractivity contribution in [3.8, 4) is 17.2 Å². The van der Waals surface area contributed by atoms with E-state index in [1.807, 2.05) is 24.3 Å². The third-order valence-electron chi connectivity index (χ3n) is 5.76. The summed E-state index contributed by atoms with van der Waals surface area (Å²) in [5, 5.41) is 11.3. The van der Waals surface area contributed by atoms with Gasteiger partial charge in [0.2, 0.25) is 0 Å². The summed E-state index contributed by atoms with van der Waals surface area (Å²) in [6, 6.07) is 22.5. The van der Waals surface area contributed by atoms with Gasteiger partial charge in [-0.25, -0.2) is 0 Å². The predicted molar refractivity (Wildman–Crippen MR) is 110 cm³/mol. The van der Waals surface area contributed by atoms with Crippen LogP contribution in [0.15, 0.2) is 60.7 Å². The molecular formula is C23H22BNO2. The highest BCUT2D eigenvalue weighted by molar-refractivity contribution is 6.62. The zero-order chi connectivity index (χ0) is 19.2. The first-order valence-electron chi connectivity index (χ1n) is 9.20. The molecule has 3 aromatic carbocycles. The van der Waals surface area contributed by atoms with E-state index in [0.29, 0.717) is 5.56 Å². The van der Waals surface area contributed by atoms with Crippen molar-refractivity contribution in [2.45, 2.75) is 38.9 Å². The Kier molecular flexibility index (Phi) is 4.11. The molecule has 0 amide bonds. The molecule has 0 spiro atoms. The van der Waals surface area contributed by atoms with Gasteiger partial charge in [0.15, 0.2) is 0 Å². The molecule has 3 nitrogen and oxygen atoms in total. The van der Waals surface area contributed by atoms with E-state index in [4.69, 9.17) is 14.6 Å². The Bertz CT molecular complexity index is 1030. The van der Waals surface area contributed by atoms with Crippen LogP contribution in [-0.2, 0) is 9.31 Å². The third-order valence-corrected chi connectivity index (χ3v) is 5.76. The minimum Gasteiger partial charge on any atom is -0.399 e. The molecule has 1 heterocycles. The lowest BCUT2D eigenvalue weighted by Gasteiger charge is -2.32. The van der Waals surface area contributed by atoms with Crippen molar-refractivity contribution >= 4 is 23.4 Å². The molecule has 134 valence electrons. The summed E-state index contributed by atoms with van der Waals surface area (Å²) in [4.78, 5) is 0. The molecule has 0 bridgehead atoms.